The molecule has 2 rings (SSSR count). The van der Waals surface area contributed by atoms with Gasteiger partial charge in [0, 0.05) is 0 Å². The molecular formula is C14H20N2O3S. The van der Waals surface area contributed by atoms with Crippen molar-refractivity contribution in [3.63, 3.8) is 0 Å². The summed E-state index contributed by atoms with van der Waals surface area (Å²) in [6.07, 6.45) is 1.79. The minimum atomic E-state index is -3.33. The van der Waals surface area contributed by atoms with Crippen molar-refractivity contribution in [2.45, 2.75) is 38.4 Å². The number of benzene rings is 1. The van der Waals surface area contributed by atoms with Gasteiger partial charge in [0.2, 0.25) is 5.91 Å². The number of amides is 1. The minimum absolute atomic E-state index is 0.0908. The summed E-state index contributed by atoms with van der Waals surface area (Å²) < 4.78 is 23.9. The highest BCUT2D eigenvalue weighted by Crippen LogP contribution is 2.25. The van der Waals surface area contributed by atoms with Gasteiger partial charge >= 0.3 is 0 Å². The number of hydrogen-bond donors (Lipinski definition) is 2. The monoisotopic (exact) mass is 296 g/mol. The molecule has 1 fully saturated rings. The van der Waals surface area contributed by atoms with Crippen molar-refractivity contribution < 1.29 is 13.2 Å². The number of anilines is 2. The van der Waals surface area contributed by atoms with Crippen LogP contribution in [-0.2, 0) is 14.6 Å². The second kappa shape index (κ2) is 5.44. The van der Waals surface area contributed by atoms with Crippen molar-refractivity contribution in [3.8, 4) is 0 Å². The van der Waals surface area contributed by atoms with Crippen molar-refractivity contribution in [2.75, 3.05) is 16.8 Å². The van der Waals surface area contributed by atoms with E-state index in [0.29, 0.717) is 24.2 Å². The number of carbonyl (C=O) groups is 1. The summed E-state index contributed by atoms with van der Waals surface area (Å²) in [5.74, 6) is -0.382. The molecule has 0 radical (unpaired) electrons. The van der Waals surface area contributed by atoms with Crippen LogP contribution in [0.5, 0.6) is 0 Å². The summed E-state index contributed by atoms with van der Waals surface area (Å²) >= 11 is 0. The average molecular weight is 296 g/mol. The lowest BCUT2D eigenvalue weighted by atomic mass is 10.1. The molecule has 6 heteroatoms. The van der Waals surface area contributed by atoms with E-state index < -0.39 is 21.0 Å². The van der Waals surface area contributed by atoms with E-state index in [4.69, 9.17) is 5.73 Å². The molecular weight excluding hydrogens is 276 g/mol. The van der Waals surface area contributed by atoms with Crippen LogP contribution < -0.4 is 11.1 Å². The molecule has 1 unspecified atom stereocenters. The maximum atomic E-state index is 12.2. The zero-order valence-electron chi connectivity index (χ0n) is 11.8. The Labute approximate surface area is 119 Å². The van der Waals surface area contributed by atoms with Crippen LogP contribution in [0.2, 0.25) is 0 Å². The van der Waals surface area contributed by atoms with Crippen LogP contribution in [0.3, 0.4) is 0 Å². The van der Waals surface area contributed by atoms with Gasteiger partial charge in [-0.3, -0.25) is 4.79 Å². The molecule has 0 bridgehead atoms. The molecule has 1 aliphatic heterocycles. The zero-order chi connectivity index (χ0) is 14.9. The first-order valence-corrected chi connectivity index (χ1v) is 8.42. The number of sulfone groups is 1. The first-order chi connectivity index (χ1) is 9.31. The minimum Gasteiger partial charge on any atom is -0.397 e. The van der Waals surface area contributed by atoms with Crippen molar-refractivity contribution in [1.82, 2.24) is 0 Å². The van der Waals surface area contributed by atoms with E-state index in [1.165, 1.54) is 0 Å². The first-order valence-electron chi connectivity index (χ1n) is 6.70. The molecule has 1 saturated heterocycles. The van der Waals surface area contributed by atoms with Gasteiger partial charge in [0.05, 0.1) is 17.1 Å². The van der Waals surface area contributed by atoms with Crippen LogP contribution in [0.4, 0.5) is 11.4 Å². The van der Waals surface area contributed by atoms with Gasteiger partial charge in [0.1, 0.15) is 5.25 Å². The smallest absolute Gasteiger partial charge is 0.242 e. The van der Waals surface area contributed by atoms with Gasteiger partial charge in [-0.15, -0.1) is 0 Å². The molecule has 0 spiro atoms. The van der Waals surface area contributed by atoms with Crippen LogP contribution in [0, 0.1) is 13.8 Å². The third kappa shape index (κ3) is 2.95. The number of nitrogen functional groups attached to an aromatic ring is 1. The van der Waals surface area contributed by atoms with Gasteiger partial charge in [0.15, 0.2) is 9.84 Å². The Bertz CT molecular complexity index is 638. The van der Waals surface area contributed by atoms with Crippen LogP contribution >= 0.6 is 0 Å². The predicted molar refractivity (Wildman–Crippen MR) is 80.4 cm³/mol. The van der Waals surface area contributed by atoms with Gasteiger partial charge in [-0.2, -0.15) is 0 Å². The van der Waals surface area contributed by atoms with Gasteiger partial charge in [-0.25, -0.2) is 8.42 Å². The molecule has 20 heavy (non-hydrogen) atoms. The maximum Gasteiger partial charge on any atom is 0.242 e. The second-order valence-electron chi connectivity index (χ2n) is 5.36. The molecule has 0 saturated carbocycles. The van der Waals surface area contributed by atoms with Crippen LogP contribution in [-0.4, -0.2) is 25.3 Å². The maximum absolute atomic E-state index is 12.2. The first kappa shape index (κ1) is 14.8. The average Bonchev–Trinajstić information content (AvgIpc) is 2.35. The summed E-state index contributed by atoms with van der Waals surface area (Å²) in [6.45, 7) is 3.85. The Balaban J connectivity index is 2.22. The quantitative estimate of drug-likeness (QED) is 0.814. The van der Waals surface area contributed by atoms with Gasteiger partial charge in [-0.05, 0) is 49.9 Å². The predicted octanol–water partition coefficient (Wildman–Crippen LogP) is 1.79. The molecule has 3 N–H and O–H groups in total. The van der Waals surface area contributed by atoms with Gasteiger partial charge in [-0.1, -0.05) is 6.42 Å². The summed E-state index contributed by atoms with van der Waals surface area (Å²) in [6, 6.07) is 3.55. The number of hydrogen-bond acceptors (Lipinski definition) is 4. The summed E-state index contributed by atoms with van der Waals surface area (Å²) in [5.41, 5.74) is 8.84. The summed E-state index contributed by atoms with van der Waals surface area (Å²) in [4.78, 5) is 12.2. The lowest BCUT2D eigenvalue weighted by molar-refractivity contribution is -0.116. The van der Waals surface area contributed by atoms with E-state index in [1.54, 1.807) is 12.1 Å². The van der Waals surface area contributed by atoms with Crippen molar-refractivity contribution in [1.29, 1.82) is 0 Å². The topological polar surface area (TPSA) is 89.3 Å². The third-order valence-electron chi connectivity index (χ3n) is 3.79. The third-order valence-corrected chi connectivity index (χ3v) is 5.97. The molecule has 1 amide bonds. The number of nitrogens with one attached hydrogen (secondary N) is 1. The van der Waals surface area contributed by atoms with E-state index in [1.807, 2.05) is 13.8 Å². The Morgan fingerprint density at radius 3 is 2.55 bits per heavy atom. The number of carbonyl (C=O) groups excluding carboxylic acids is 1. The lowest BCUT2D eigenvalue weighted by Gasteiger charge is -2.22. The van der Waals surface area contributed by atoms with Crippen molar-refractivity contribution in [3.05, 3.63) is 23.3 Å². The Morgan fingerprint density at radius 2 is 1.90 bits per heavy atom. The highest BCUT2D eigenvalue weighted by molar-refractivity contribution is 7.92. The molecule has 1 aromatic rings. The Kier molecular flexibility index (Phi) is 4.04. The van der Waals surface area contributed by atoms with E-state index >= 15 is 0 Å². The highest BCUT2D eigenvalue weighted by Gasteiger charge is 2.34. The Morgan fingerprint density at radius 1 is 1.25 bits per heavy atom. The number of nitrogens with two attached hydrogens (primary N) is 1. The largest absolute Gasteiger partial charge is 0.397 e. The summed E-state index contributed by atoms with van der Waals surface area (Å²) in [5, 5.41) is 1.71. The van der Waals surface area contributed by atoms with E-state index in [-0.39, 0.29) is 5.75 Å². The molecule has 0 aromatic heterocycles. The van der Waals surface area contributed by atoms with E-state index in [0.717, 1.165) is 17.5 Å². The zero-order valence-corrected chi connectivity index (χ0v) is 12.6. The van der Waals surface area contributed by atoms with Crippen molar-refractivity contribution in [2.24, 2.45) is 0 Å². The van der Waals surface area contributed by atoms with Crippen LogP contribution in [0.1, 0.15) is 30.4 Å². The SMILES string of the molecule is Cc1cc(N)c(NC(=O)C2CCCCS2(=O)=O)cc1C. The molecule has 1 heterocycles. The standard InChI is InChI=1S/C14H20N2O3S/c1-9-7-11(15)12(8-10(9)2)16-14(17)13-5-3-4-6-20(13,18)19/h7-8,13H,3-6,15H2,1-2H3,(H,16,17). The molecule has 1 atom stereocenters. The number of aryl methyl sites for hydroxylation is 2. The fourth-order valence-corrected chi connectivity index (χ4v) is 4.21. The molecule has 0 aliphatic carbocycles. The van der Waals surface area contributed by atoms with Crippen LogP contribution in [0.25, 0.3) is 0 Å². The lowest BCUT2D eigenvalue weighted by Crippen LogP contribution is -2.39. The number of rotatable bonds is 2. The molecule has 5 nitrogen and oxygen atoms in total. The van der Waals surface area contributed by atoms with Crippen LogP contribution in [0.15, 0.2) is 12.1 Å². The fraction of sp³-hybridized carbons (Fsp3) is 0.500. The fourth-order valence-electron chi connectivity index (χ4n) is 2.41. The highest BCUT2D eigenvalue weighted by atomic mass is 32.2. The molecule has 1 aliphatic rings. The molecule has 1 aromatic carbocycles. The van der Waals surface area contributed by atoms with E-state index in [9.17, 15) is 13.2 Å². The van der Waals surface area contributed by atoms with Gasteiger partial charge in [0.25, 0.3) is 0 Å². The van der Waals surface area contributed by atoms with Gasteiger partial charge < -0.3 is 11.1 Å². The molecule has 110 valence electrons. The van der Waals surface area contributed by atoms with Crippen molar-refractivity contribution >= 4 is 27.1 Å². The Hall–Kier alpha value is -1.56. The second-order valence-corrected chi connectivity index (χ2v) is 7.67. The normalized spacial score (nSPS) is 21.4. The van der Waals surface area contributed by atoms with E-state index in [2.05, 4.69) is 5.32 Å². The summed E-state index contributed by atoms with van der Waals surface area (Å²) in [7, 11) is -3.33.